The first-order chi connectivity index (χ1) is 15.6. The second-order valence-electron chi connectivity index (χ2n) is 7.81. The van der Waals surface area contributed by atoms with Crippen molar-refractivity contribution in [2.24, 2.45) is 0 Å². The lowest BCUT2D eigenvalue weighted by Crippen LogP contribution is -2.15. The van der Waals surface area contributed by atoms with Crippen molar-refractivity contribution in [2.45, 2.75) is 39.0 Å². The fraction of sp³-hybridized carbons (Fsp3) is 0.200. The molecule has 7 nitrogen and oxygen atoms in total. The first-order valence-electron chi connectivity index (χ1n) is 10.5. The van der Waals surface area contributed by atoms with Crippen molar-refractivity contribution in [3.63, 3.8) is 0 Å². The molecule has 0 aromatic heterocycles. The molecule has 3 aromatic carbocycles. The molecule has 3 N–H and O–H groups in total. The van der Waals surface area contributed by atoms with Gasteiger partial charge in [0.05, 0.1) is 4.90 Å². The molecule has 0 aliphatic carbocycles. The van der Waals surface area contributed by atoms with Gasteiger partial charge in [-0.15, -0.1) is 0 Å². The molecule has 0 saturated carbocycles. The van der Waals surface area contributed by atoms with Crippen molar-refractivity contribution in [3.8, 4) is 0 Å². The third kappa shape index (κ3) is 5.98. The minimum atomic E-state index is -3.74. The van der Waals surface area contributed by atoms with E-state index in [4.69, 9.17) is 0 Å². The lowest BCUT2D eigenvalue weighted by molar-refractivity contribution is -0.115. The fourth-order valence-corrected chi connectivity index (χ4v) is 4.21. The van der Waals surface area contributed by atoms with Crippen LogP contribution in [0.2, 0.25) is 0 Å². The topological polar surface area (TPSA) is 104 Å². The van der Waals surface area contributed by atoms with Crippen LogP contribution >= 0.6 is 0 Å². The zero-order chi connectivity index (χ0) is 24.2. The first kappa shape index (κ1) is 24.0. The standard InChI is InChI=1S/C25H27N3O4S/c1-5-24(29)26-21-10-6-17(3)23(15-21)27-25(30)19-8-11-20(12-9-19)28-33(31,32)22-13-7-16(2)18(4)14-22/h6-15,28H,5H2,1-4H3,(H,26,29)(H,27,30). The van der Waals surface area contributed by atoms with Crippen LogP contribution in [0, 0.1) is 20.8 Å². The third-order valence-corrected chi connectivity index (χ3v) is 6.66. The Labute approximate surface area is 194 Å². The fourth-order valence-electron chi connectivity index (χ4n) is 3.06. The molecule has 33 heavy (non-hydrogen) atoms. The maximum absolute atomic E-state index is 12.7. The molecule has 0 aliphatic rings. The Balaban J connectivity index is 1.72. The predicted octanol–water partition coefficient (Wildman–Crippen LogP) is 5.01. The van der Waals surface area contributed by atoms with E-state index in [0.29, 0.717) is 29.0 Å². The monoisotopic (exact) mass is 465 g/mol. The Kier molecular flexibility index (Phi) is 7.18. The van der Waals surface area contributed by atoms with E-state index in [0.717, 1.165) is 16.7 Å². The minimum Gasteiger partial charge on any atom is -0.326 e. The zero-order valence-electron chi connectivity index (χ0n) is 19.0. The Bertz CT molecular complexity index is 1300. The normalized spacial score (nSPS) is 11.0. The van der Waals surface area contributed by atoms with Crippen LogP contribution in [-0.2, 0) is 14.8 Å². The number of carbonyl (C=O) groups excluding carboxylic acids is 2. The molecule has 172 valence electrons. The summed E-state index contributed by atoms with van der Waals surface area (Å²) >= 11 is 0. The number of amides is 2. The zero-order valence-corrected chi connectivity index (χ0v) is 19.8. The molecule has 0 saturated heterocycles. The SMILES string of the molecule is CCC(=O)Nc1ccc(C)c(NC(=O)c2ccc(NS(=O)(=O)c3ccc(C)c(C)c3)cc2)c1. The lowest BCUT2D eigenvalue weighted by atomic mass is 10.1. The summed E-state index contributed by atoms with van der Waals surface area (Å²) in [6, 6.07) is 16.4. The van der Waals surface area contributed by atoms with Gasteiger partial charge in [0.2, 0.25) is 5.91 Å². The maximum Gasteiger partial charge on any atom is 0.261 e. The van der Waals surface area contributed by atoms with Crippen LogP contribution in [-0.4, -0.2) is 20.2 Å². The summed E-state index contributed by atoms with van der Waals surface area (Å²) in [6.45, 7) is 7.39. The number of hydrogen-bond donors (Lipinski definition) is 3. The van der Waals surface area contributed by atoms with Crippen molar-refractivity contribution in [2.75, 3.05) is 15.4 Å². The van der Waals surface area contributed by atoms with E-state index in [-0.39, 0.29) is 16.7 Å². The van der Waals surface area contributed by atoms with E-state index < -0.39 is 10.0 Å². The predicted molar refractivity (Wildman–Crippen MR) is 131 cm³/mol. The van der Waals surface area contributed by atoms with Crippen LogP contribution in [0.4, 0.5) is 17.1 Å². The van der Waals surface area contributed by atoms with Crippen LogP contribution in [0.15, 0.2) is 65.6 Å². The highest BCUT2D eigenvalue weighted by Crippen LogP contribution is 2.23. The van der Waals surface area contributed by atoms with Gasteiger partial charge in [0.25, 0.3) is 15.9 Å². The second kappa shape index (κ2) is 9.87. The molecule has 3 rings (SSSR count). The Morgan fingerprint density at radius 3 is 2.03 bits per heavy atom. The van der Waals surface area contributed by atoms with Crippen LogP contribution in [0.25, 0.3) is 0 Å². The van der Waals surface area contributed by atoms with Crippen molar-refractivity contribution in [1.82, 2.24) is 0 Å². The molecular formula is C25H27N3O4S. The highest BCUT2D eigenvalue weighted by molar-refractivity contribution is 7.92. The maximum atomic E-state index is 12.7. The summed E-state index contributed by atoms with van der Waals surface area (Å²) in [7, 11) is -3.74. The Hall–Kier alpha value is -3.65. The molecule has 3 aromatic rings. The Morgan fingerprint density at radius 1 is 0.758 bits per heavy atom. The van der Waals surface area contributed by atoms with Crippen molar-refractivity contribution >= 4 is 38.9 Å². The van der Waals surface area contributed by atoms with Gasteiger partial charge in [-0.05, 0) is 86.0 Å². The molecule has 0 fully saturated rings. The molecule has 0 bridgehead atoms. The Morgan fingerprint density at radius 2 is 1.39 bits per heavy atom. The molecule has 0 atom stereocenters. The third-order valence-electron chi connectivity index (χ3n) is 5.28. The molecule has 0 aliphatic heterocycles. The smallest absolute Gasteiger partial charge is 0.261 e. The summed E-state index contributed by atoms with van der Waals surface area (Å²) in [4.78, 5) is 24.5. The second-order valence-corrected chi connectivity index (χ2v) is 9.50. The van der Waals surface area contributed by atoms with Crippen LogP contribution in [0.3, 0.4) is 0 Å². The molecule has 0 heterocycles. The molecule has 8 heteroatoms. The van der Waals surface area contributed by atoms with Crippen LogP contribution < -0.4 is 15.4 Å². The largest absolute Gasteiger partial charge is 0.326 e. The van der Waals surface area contributed by atoms with Crippen LogP contribution in [0.5, 0.6) is 0 Å². The first-order valence-corrected chi connectivity index (χ1v) is 12.0. The number of sulfonamides is 1. The van der Waals surface area contributed by atoms with Crippen molar-refractivity contribution in [3.05, 3.63) is 82.9 Å². The summed E-state index contributed by atoms with van der Waals surface area (Å²) in [5.74, 6) is -0.462. The molecule has 0 spiro atoms. The number of nitrogens with one attached hydrogen (secondary N) is 3. The number of hydrogen-bond acceptors (Lipinski definition) is 4. The van der Waals surface area contributed by atoms with E-state index in [1.807, 2.05) is 26.8 Å². The van der Waals surface area contributed by atoms with E-state index >= 15 is 0 Å². The van der Waals surface area contributed by atoms with Gasteiger partial charge in [-0.2, -0.15) is 0 Å². The number of benzene rings is 3. The van der Waals surface area contributed by atoms with E-state index in [1.165, 1.54) is 12.1 Å². The summed E-state index contributed by atoms with van der Waals surface area (Å²) in [5, 5.41) is 5.60. The van der Waals surface area contributed by atoms with Gasteiger partial charge in [-0.25, -0.2) is 8.42 Å². The van der Waals surface area contributed by atoms with Crippen molar-refractivity contribution < 1.29 is 18.0 Å². The van der Waals surface area contributed by atoms with Gasteiger partial charge >= 0.3 is 0 Å². The number of carbonyl (C=O) groups is 2. The van der Waals surface area contributed by atoms with Crippen molar-refractivity contribution in [1.29, 1.82) is 0 Å². The molecular weight excluding hydrogens is 438 g/mol. The summed E-state index contributed by atoms with van der Waals surface area (Å²) in [5.41, 5.74) is 4.64. The molecule has 2 amide bonds. The van der Waals surface area contributed by atoms with Crippen LogP contribution in [0.1, 0.15) is 40.4 Å². The quantitative estimate of drug-likeness (QED) is 0.456. The number of rotatable bonds is 7. The van der Waals surface area contributed by atoms with E-state index in [1.54, 1.807) is 49.4 Å². The summed E-state index contributed by atoms with van der Waals surface area (Å²) < 4.78 is 27.9. The lowest BCUT2D eigenvalue weighted by Gasteiger charge is -2.12. The van der Waals surface area contributed by atoms with Gasteiger partial charge < -0.3 is 10.6 Å². The summed E-state index contributed by atoms with van der Waals surface area (Å²) in [6.07, 6.45) is 0.356. The van der Waals surface area contributed by atoms with Gasteiger partial charge in [-0.1, -0.05) is 19.1 Å². The highest BCUT2D eigenvalue weighted by Gasteiger charge is 2.16. The minimum absolute atomic E-state index is 0.116. The average molecular weight is 466 g/mol. The number of aryl methyl sites for hydroxylation is 3. The van der Waals surface area contributed by atoms with Gasteiger partial charge in [0.1, 0.15) is 0 Å². The van der Waals surface area contributed by atoms with Gasteiger partial charge in [-0.3, -0.25) is 14.3 Å². The molecule has 0 radical (unpaired) electrons. The molecule has 0 unspecified atom stereocenters. The number of anilines is 3. The van der Waals surface area contributed by atoms with Gasteiger partial charge in [0.15, 0.2) is 0 Å². The van der Waals surface area contributed by atoms with E-state index in [2.05, 4.69) is 15.4 Å². The van der Waals surface area contributed by atoms with E-state index in [9.17, 15) is 18.0 Å². The van der Waals surface area contributed by atoms with Gasteiger partial charge in [0, 0.05) is 29.0 Å². The highest BCUT2D eigenvalue weighted by atomic mass is 32.2. The average Bonchev–Trinajstić information content (AvgIpc) is 2.78.